The van der Waals surface area contributed by atoms with Gasteiger partial charge in [0.1, 0.15) is 0 Å². The molecule has 4 saturated carbocycles. The molecule has 0 aromatic carbocycles. The van der Waals surface area contributed by atoms with Crippen LogP contribution in [0.4, 0.5) is 0 Å². The van der Waals surface area contributed by atoms with Gasteiger partial charge >= 0.3 is 0 Å². The van der Waals surface area contributed by atoms with E-state index >= 15 is 0 Å². The van der Waals surface area contributed by atoms with E-state index in [-0.39, 0.29) is 5.91 Å². The minimum absolute atomic E-state index is 0.0582. The van der Waals surface area contributed by atoms with Crippen molar-refractivity contribution in [1.29, 1.82) is 0 Å². The maximum absolute atomic E-state index is 12.7. The average Bonchev–Trinajstić information content (AvgIpc) is 2.58. The summed E-state index contributed by atoms with van der Waals surface area (Å²) >= 11 is 6.23. The number of aryl methyl sites for hydroxylation is 1. The molecule has 4 aliphatic carbocycles. The summed E-state index contributed by atoms with van der Waals surface area (Å²) in [6.45, 7) is 1.42. The van der Waals surface area contributed by atoms with Gasteiger partial charge in [-0.2, -0.15) is 0 Å². The minimum Gasteiger partial charge on any atom is -0.351 e. The van der Waals surface area contributed by atoms with Gasteiger partial charge in [0.05, 0.1) is 10.6 Å². The fourth-order valence-corrected chi connectivity index (χ4v) is 6.13. The number of nitrogens with two attached hydrogens (primary N) is 1. The van der Waals surface area contributed by atoms with Crippen molar-refractivity contribution in [2.75, 3.05) is 13.1 Å². The molecule has 0 saturated heterocycles. The molecule has 0 aliphatic heterocycles. The highest BCUT2D eigenvalue weighted by atomic mass is 35.5. The molecule has 3 N–H and O–H groups in total. The molecule has 136 valence electrons. The molecular weight excluding hydrogens is 334 g/mol. The van der Waals surface area contributed by atoms with Crippen LogP contribution in [0.15, 0.2) is 12.3 Å². The number of nitrogens with zero attached hydrogens (tertiary/aromatic N) is 1. The number of carbonyl (C=O) groups is 1. The Balaban J connectivity index is 1.42. The van der Waals surface area contributed by atoms with Crippen molar-refractivity contribution in [3.8, 4) is 0 Å². The van der Waals surface area contributed by atoms with E-state index < -0.39 is 0 Å². The molecule has 1 heterocycles. The normalized spacial score (nSPS) is 32.8. The third kappa shape index (κ3) is 3.56. The van der Waals surface area contributed by atoms with Gasteiger partial charge < -0.3 is 11.1 Å². The van der Waals surface area contributed by atoms with Crippen LogP contribution in [0, 0.1) is 23.2 Å². The smallest absolute Gasteiger partial charge is 0.252 e. The lowest BCUT2D eigenvalue weighted by Gasteiger charge is -2.56. The van der Waals surface area contributed by atoms with E-state index in [1.165, 1.54) is 38.5 Å². The summed E-state index contributed by atoms with van der Waals surface area (Å²) in [6.07, 6.45) is 11.4. The fourth-order valence-electron chi connectivity index (χ4n) is 5.95. The summed E-state index contributed by atoms with van der Waals surface area (Å²) in [7, 11) is 0. The Morgan fingerprint density at radius 1 is 1.24 bits per heavy atom. The summed E-state index contributed by atoms with van der Waals surface area (Å²) in [5.74, 6) is 2.64. The van der Waals surface area contributed by atoms with Gasteiger partial charge in [-0.1, -0.05) is 11.6 Å². The molecule has 4 nitrogen and oxygen atoms in total. The standard InChI is InChI=1S/C20H28ClN3O/c21-18-11-23-16(2-1-3-22)7-17(18)19(25)24-12-20-8-13-4-14(9-20)6-15(5-13)10-20/h7,11,13-15H,1-6,8-10,12,22H2,(H,24,25). The summed E-state index contributed by atoms with van der Waals surface area (Å²) < 4.78 is 0. The maximum Gasteiger partial charge on any atom is 0.252 e. The average molecular weight is 362 g/mol. The van der Waals surface area contributed by atoms with Crippen LogP contribution in [0.5, 0.6) is 0 Å². The van der Waals surface area contributed by atoms with Gasteiger partial charge in [0.2, 0.25) is 0 Å². The van der Waals surface area contributed by atoms with E-state index in [0.717, 1.165) is 42.8 Å². The number of amides is 1. The number of carbonyl (C=O) groups excluding carboxylic acids is 1. The molecule has 25 heavy (non-hydrogen) atoms. The first-order valence-electron chi connectivity index (χ1n) is 9.69. The van der Waals surface area contributed by atoms with Crippen LogP contribution in [0.3, 0.4) is 0 Å². The van der Waals surface area contributed by atoms with E-state index in [9.17, 15) is 4.79 Å². The molecule has 0 atom stereocenters. The van der Waals surface area contributed by atoms with E-state index in [1.54, 1.807) is 6.20 Å². The molecular formula is C20H28ClN3O. The van der Waals surface area contributed by atoms with Gasteiger partial charge in [0.15, 0.2) is 0 Å². The molecule has 5 rings (SSSR count). The molecule has 4 aliphatic rings. The van der Waals surface area contributed by atoms with Gasteiger partial charge in [0.25, 0.3) is 5.91 Å². The van der Waals surface area contributed by atoms with E-state index in [0.29, 0.717) is 22.5 Å². The Kier molecular flexibility index (Phi) is 4.76. The van der Waals surface area contributed by atoms with E-state index in [4.69, 9.17) is 17.3 Å². The first-order chi connectivity index (χ1) is 12.1. The molecule has 0 spiro atoms. The summed E-state index contributed by atoms with van der Waals surface area (Å²) in [5, 5.41) is 3.63. The number of aromatic nitrogens is 1. The molecule has 1 amide bonds. The lowest BCUT2D eigenvalue weighted by Crippen LogP contribution is -2.51. The number of nitrogens with one attached hydrogen (secondary N) is 1. The number of rotatable bonds is 6. The third-order valence-corrected chi connectivity index (χ3v) is 6.88. The maximum atomic E-state index is 12.7. The summed E-state index contributed by atoms with van der Waals surface area (Å²) in [4.78, 5) is 17.0. The molecule has 1 aromatic rings. The highest BCUT2D eigenvalue weighted by Gasteiger charge is 2.50. The number of pyridine rings is 1. The molecule has 5 heteroatoms. The molecule has 4 bridgehead atoms. The highest BCUT2D eigenvalue weighted by Crippen LogP contribution is 2.59. The predicted octanol–water partition coefficient (Wildman–Crippen LogP) is 3.57. The lowest BCUT2D eigenvalue weighted by atomic mass is 9.49. The van der Waals surface area contributed by atoms with Gasteiger partial charge in [0, 0.05) is 18.4 Å². The predicted molar refractivity (Wildman–Crippen MR) is 99.6 cm³/mol. The van der Waals surface area contributed by atoms with Gasteiger partial charge in [-0.05, 0) is 87.1 Å². The van der Waals surface area contributed by atoms with Crippen molar-refractivity contribution >= 4 is 17.5 Å². The Labute approximate surface area is 154 Å². The summed E-state index contributed by atoms with van der Waals surface area (Å²) in [6, 6.07) is 1.83. The van der Waals surface area contributed by atoms with Crippen LogP contribution in [0.2, 0.25) is 5.02 Å². The van der Waals surface area contributed by atoms with Crippen molar-refractivity contribution in [1.82, 2.24) is 10.3 Å². The van der Waals surface area contributed by atoms with Crippen LogP contribution in [0.1, 0.15) is 61.0 Å². The Morgan fingerprint density at radius 3 is 2.48 bits per heavy atom. The first kappa shape index (κ1) is 17.3. The fraction of sp³-hybridized carbons (Fsp3) is 0.700. The molecule has 1 aromatic heterocycles. The number of hydrogen-bond donors (Lipinski definition) is 2. The topological polar surface area (TPSA) is 68.0 Å². The number of halogens is 1. The highest BCUT2D eigenvalue weighted by molar-refractivity contribution is 6.33. The zero-order valence-corrected chi connectivity index (χ0v) is 15.5. The van der Waals surface area contributed by atoms with Crippen LogP contribution in [-0.4, -0.2) is 24.0 Å². The Hall–Kier alpha value is -1.13. The van der Waals surface area contributed by atoms with Gasteiger partial charge in [-0.15, -0.1) is 0 Å². The van der Waals surface area contributed by atoms with Crippen LogP contribution >= 0.6 is 11.6 Å². The zero-order valence-electron chi connectivity index (χ0n) is 14.8. The molecule has 0 unspecified atom stereocenters. The van der Waals surface area contributed by atoms with Gasteiger partial charge in [-0.3, -0.25) is 9.78 Å². The second-order valence-electron chi connectivity index (χ2n) is 8.65. The SMILES string of the molecule is NCCCc1cc(C(=O)NCC23CC4CC(CC(C4)C2)C3)c(Cl)cn1. The quantitative estimate of drug-likeness (QED) is 0.813. The van der Waals surface area contributed by atoms with E-state index in [2.05, 4.69) is 10.3 Å². The first-order valence-corrected chi connectivity index (χ1v) is 10.1. The monoisotopic (exact) mass is 361 g/mol. The summed E-state index contributed by atoms with van der Waals surface area (Å²) in [5.41, 5.74) is 7.34. The van der Waals surface area contributed by atoms with Crippen LogP contribution < -0.4 is 11.1 Å². The zero-order chi connectivity index (χ0) is 17.4. The third-order valence-electron chi connectivity index (χ3n) is 6.58. The second-order valence-corrected chi connectivity index (χ2v) is 9.06. The van der Waals surface area contributed by atoms with Crippen LogP contribution in [0.25, 0.3) is 0 Å². The van der Waals surface area contributed by atoms with Gasteiger partial charge in [-0.25, -0.2) is 0 Å². The molecule has 4 fully saturated rings. The second kappa shape index (κ2) is 6.88. The Bertz CT molecular complexity index is 625. The van der Waals surface area contributed by atoms with Crippen LogP contribution in [-0.2, 0) is 6.42 Å². The Morgan fingerprint density at radius 2 is 1.88 bits per heavy atom. The number of hydrogen-bond acceptors (Lipinski definition) is 3. The lowest BCUT2D eigenvalue weighted by molar-refractivity contribution is -0.0503. The van der Waals surface area contributed by atoms with Crippen molar-refractivity contribution in [3.63, 3.8) is 0 Å². The van der Waals surface area contributed by atoms with E-state index in [1.807, 2.05) is 6.07 Å². The van der Waals surface area contributed by atoms with Crippen molar-refractivity contribution < 1.29 is 4.79 Å². The van der Waals surface area contributed by atoms with Crippen molar-refractivity contribution in [2.24, 2.45) is 28.9 Å². The van der Waals surface area contributed by atoms with Crippen molar-refractivity contribution in [2.45, 2.75) is 51.4 Å². The minimum atomic E-state index is -0.0582. The van der Waals surface area contributed by atoms with Crippen molar-refractivity contribution in [3.05, 3.63) is 28.5 Å². The molecule has 0 radical (unpaired) electrons. The largest absolute Gasteiger partial charge is 0.351 e.